The van der Waals surface area contributed by atoms with Crippen molar-refractivity contribution in [3.63, 3.8) is 0 Å². The number of methoxy groups -OCH3 is 1. The standard InChI is InChI=1S/C21H20N2O3/c1-24-13-2-3-14-16-8-19-15-9-21-20(25-11-26-21)6-12(15)4-5-23(19)10-18(16)22-17(14)7-13/h2-3,6-7,9,19,22H,4-5,8,10-11H2,1H3/t19-/m1/s1. The molecule has 0 amide bonds. The van der Waals surface area contributed by atoms with Crippen molar-refractivity contribution in [1.82, 2.24) is 9.88 Å². The number of fused-ring (bicyclic) bond motifs is 7. The van der Waals surface area contributed by atoms with Crippen molar-refractivity contribution in [2.75, 3.05) is 20.4 Å². The minimum absolute atomic E-state index is 0.334. The maximum Gasteiger partial charge on any atom is 0.231 e. The second-order valence-corrected chi connectivity index (χ2v) is 7.34. The Morgan fingerprint density at radius 2 is 2.04 bits per heavy atom. The van der Waals surface area contributed by atoms with Crippen LogP contribution < -0.4 is 14.2 Å². The Labute approximate surface area is 151 Å². The molecule has 0 saturated carbocycles. The van der Waals surface area contributed by atoms with Crippen LogP contribution in [0, 0.1) is 0 Å². The molecule has 1 aromatic heterocycles. The van der Waals surface area contributed by atoms with Gasteiger partial charge in [-0.25, -0.2) is 0 Å². The number of hydrogen-bond donors (Lipinski definition) is 1. The highest BCUT2D eigenvalue weighted by Gasteiger charge is 2.35. The van der Waals surface area contributed by atoms with E-state index >= 15 is 0 Å². The summed E-state index contributed by atoms with van der Waals surface area (Å²) in [5, 5.41) is 1.31. The van der Waals surface area contributed by atoms with Gasteiger partial charge in [0.25, 0.3) is 0 Å². The van der Waals surface area contributed by atoms with Crippen LogP contribution in [0.15, 0.2) is 30.3 Å². The topological polar surface area (TPSA) is 46.7 Å². The molecule has 132 valence electrons. The number of benzene rings is 2. The molecule has 3 aliphatic heterocycles. The lowest BCUT2D eigenvalue weighted by molar-refractivity contribution is 0.159. The first-order valence-electron chi connectivity index (χ1n) is 9.14. The Morgan fingerprint density at radius 3 is 2.92 bits per heavy atom. The summed E-state index contributed by atoms with van der Waals surface area (Å²) in [4.78, 5) is 6.21. The van der Waals surface area contributed by atoms with Crippen LogP contribution in [0.1, 0.15) is 28.4 Å². The second-order valence-electron chi connectivity index (χ2n) is 7.34. The van der Waals surface area contributed by atoms with Crippen LogP contribution in [-0.2, 0) is 19.4 Å². The molecule has 3 aliphatic rings. The maximum atomic E-state index is 5.63. The summed E-state index contributed by atoms with van der Waals surface area (Å²) >= 11 is 0. The third-order valence-electron chi connectivity index (χ3n) is 6.06. The average Bonchev–Trinajstić information content (AvgIpc) is 3.27. The smallest absolute Gasteiger partial charge is 0.231 e. The number of hydrogen-bond acceptors (Lipinski definition) is 4. The van der Waals surface area contributed by atoms with E-state index in [-0.39, 0.29) is 0 Å². The Bertz CT molecular complexity index is 1040. The summed E-state index contributed by atoms with van der Waals surface area (Å²) in [6.07, 6.45) is 2.08. The quantitative estimate of drug-likeness (QED) is 0.730. The van der Waals surface area contributed by atoms with Crippen molar-refractivity contribution in [3.05, 3.63) is 52.7 Å². The number of nitrogens with one attached hydrogen (secondary N) is 1. The van der Waals surface area contributed by atoms with Crippen LogP contribution >= 0.6 is 0 Å². The molecule has 0 bridgehead atoms. The molecule has 0 aliphatic carbocycles. The van der Waals surface area contributed by atoms with Gasteiger partial charge in [0.15, 0.2) is 11.5 Å². The number of H-pyrrole nitrogens is 1. The van der Waals surface area contributed by atoms with Crippen LogP contribution in [0.3, 0.4) is 0 Å². The molecule has 4 heterocycles. The third-order valence-corrected chi connectivity index (χ3v) is 6.06. The van der Waals surface area contributed by atoms with Crippen LogP contribution in [-0.4, -0.2) is 30.3 Å². The Kier molecular flexibility index (Phi) is 2.89. The van der Waals surface area contributed by atoms with Crippen molar-refractivity contribution < 1.29 is 14.2 Å². The summed E-state index contributed by atoms with van der Waals surface area (Å²) < 4.78 is 16.6. The molecule has 0 unspecified atom stereocenters. The van der Waals surface area contributed by atoms with E-state index in [4.69, 9.17) is 14.2 Å². The van der Waals surface area contributed by atoms with Gasteiger partial charge in [0.1, 0.15) is 5.75 Å². The maximum absolute atomic E-state index is 5.63. The normalized spacial score (nSPS) is 20.6. The van der Waals surface area contributed by atoms with Gasteiger partial charge in [-0.05, 0) is 53.8 Å². The third kappa shape index (κ3) is 1.95. The summed E-state index contributed by atoms with van der Waals surface area (Å²) in [5.41, 5.74) is 6.75. The van der Waals surface area contributed by atoms with Gasteiger partial charge in [0.05, 0.1) is 7.11 Å². The van der Waals surface area contributed by atoms with Crippen molar-refractivity contribution >= 4 is 10.9 Å². The van der Waals surface area contributed by atoms with Crippen LogP contribution in [0.2, 0.25) is 0 Å². The largest absolute Gasteiger partial charge is 0.497 e. The first-order valence-corrected chi connectivity index (χ1v) is 9.14. The fourth-order valence-electron chi connectivity index (χ4n) is 4.75. The highest BCUT2D eigenvalue weighted by molar-refractivity contribution is 5.86. The molecule has 26 heavy (non-hydrogen) atoms. The fraction of sp³-hybridized carbons (Fsp3) is 0.333. The lowest BCUT2D eigenvalue weighted by atomic mass is 9.85. The molecule has 6 rings (SSSR count). The molecule has 0 spiro atoms. The Morgan fingerprint density at radius 1 is 1.15 bits per heavy atom. The van der Waals surface area contributed by atoms with Gasteiger partial charge in [-0.3, -0.25) is 4.90 Å². The van der Waals surface area contributed by atoms with Crippen LogP contribution in [0.4, 0.5) is 0 Å². The van der Waals surface area contributed by atoms with Gasteiger partial charge in [0, 0.05) is 41.8 Å². The lowest BCUT2D eigenvalue weighted by Crippen LogP contribution is -2.39. The molecule has 0 fully saturated rings. The lowest BCUT2D eigenvalue weighted by Gasteiger charge is -2.40. The van der Waals surface area contributed by atoms with Crippen LogP contribution in [0.5, 0.6) is 17.2 Å². The minimum Gasteiger partial charge on any atom is -0.497 e. The van der Waals surface area contributed by atoms with Crippen molar-refractivity contribution in [3.8, 4) is 17.2 Å². The monoisotopic (exact) mass is 348 g/mol. The number of aromatic nitrogens is 1. The van der Waals surface area contributed by atoms with E-state index < -0.39 is 0 Å². The first-order chi connectivity index (χ1) is 12.8. The second kappa shape index (κ2) is 5.17. The molecule has 5 nitrogen and oxygen atoms in total. The molecule has 3 aromatic rings. The van der Waals surface area contributed by atoms with E-state index in [0.717, 1.165) is 43.2 Å². The van der Waals surface area contributed by atoms with Gasteiger partial charge >= 0.3 is 0 Å². The van der Waals surface area contributed by atoms with E-state index in [0.29, 0.717) is 12.8 Å². The first kappa shape index (κ1) is 14.5. The van der Waals surface area contributed by atoms with Crippen LogP contribution in [0.25, 0.3) is 10.9 Å². The van der Waals surface area contributed by atoms with Gasteiger partial charge in [-0.1, -0.05) is 0 Å². The van der Waals surface area contributed by atoms with Crippen molar-refractivity contribution in [2.45, 2.75) is 25.4 Å². The highest BCUT2D eigenvalue weighted by Crippen LogP contribution is 2.45. The van der Waals surface area contributed by atoms with E-state index in [9.17, 15) is 0 Å². The molecule has 1 N–H and O–H groups in total. The zero-order valence-corrected chi connectivity index (χ0v) is 14.7. The molecule has 5 heteroatoms. The summed E-state index contributed by atoms with van der Waals surface area (Å²) in [7, 11) is 1.71. The van der Waals surface area contributed by atoms with Gasteiger partial charge in [-0.2, -0.15) is 0 Å². The summed E-state index contributed by atoms with van der Waals surface area (Å²) in [5.74, 6) is 2.68. The number of aromatic amines is 1. The fourth-order valence-corrected chi connectivity index (χ4v) is 4.75. The summed E-state index contributed by atoms with van der Waals surface area (Å²) in [6, 6.07) is 11.1. The van der Waals surface area contributed by atoms with E-state index in [2.05, 4.69) is 40.2 Å². The van der Waals surface area contributed by atoms with Crippen molar-refractivity contribution in [1.29, 1.82) is 0 Å². The zero-order valence-electron chi connectivity index (χ0n) is 14.7. The van der Waals surface area contributed by atoms with E-state index in [1.165, 1.54) is 33.3 Å². The molecular weight excluding hydrogens is 328 g/mol. The SMILES string of the molecule is COc1ccc2c3c([nH]c2c1)CN1CCc2cc4c(cc2[C@H]1C3)OCO4. The molecule has 0 saturated heterocycles. The zero-order chi connectivity index (χ0) is 17.3. The summed E-state index contributed by atoms with van der Waals surface area (Å²) in [6.45, 7) is 2.38. The number of ether oxygens (including phenoxy) is 3. The van der Waals surface area contributed by atoms with E-state index in [1.54, 1.807) is 7.11 Å². The number of nitrogens with zero attached hydrogens (tertiary/aromatic N) is 1. The molecule has 0 radical (unpaired) electrons. The molecule has 1 atom stereocenters. The van der Waals surface area contributed by atoms with E-state index in [1.807, 2.05) is 0 Å². The highest BCUT2D eigenvalue weighted by atomic mass is 16.7. The van der Waals surface area contributed by atoms with Crippen molar-refractivity contribution in [2.24, 2.45) is 0 Å². The number of rotatable bonds is 1. The van der Waals surface area contributed by atoms with Gasteiger partial charge < -0.3 is 19.2 Å². The Hall–Kier alpha value is -2.66. The minimum atomic E-state index is 0.334. The average molecular weight is 348 g/mol. The van der Waals surface area contributed by atoms with Gasteiger partial charge in [-0.15, -0.1) is 0 Å². The predicted octanol–water partition coefficient (Wildman–Crippen LogP) is 3.56. The molecule has 2 aromatic carbocycles. The molecular formula is C21H20N2O3. The Balaban J connectivity index is 1.46. The van der Waals surface area contributed by atoms with Gasteiger partial charge in [0.2, 0.25) is 6.79 Å². The predicted molar refractivity (Wildman–Crippen MR) is 98.0 cm³/mol.